The van der Waals surface area contributed by atoms with Crippen LogP contribution in [-0.2, 0) is 4.79 Å². The zero-order valence-electron chi connectivity index (χ0n) is 17.4. The smallest absolute Gasteiger partial charge is 0.227 e. The van der Waals surface area contributed by atoms with E-state index < -0.39 is 0 Å². The number of nitrogens with zero attached hydrogens (tertiary/aromatic N) is 5. The Morgan fingerprint density at radius 1 is 0.897 bits per heavy atom. The van der Waals surface area contributed by atoms with Gasteiger partial charge in [0.05, 0.1) is 0 Å². The number of hydrogen-bond donors (Lipinski definition) is 1. The summed E-state index contributed by atoms with van der Waals surface area (Å²) >= 11 is 0. The fourth-order valence-electron chi connectivity index (χ4n) is 4.04. The third kappa shape index (κ3) is 4.78. The monoisotopic (exact) mass is 394 g/mol. The van der Waals surface area contributed by atoms with Crippen LogP contribution in [0.3, 0.4) is 0 Å². The van der Waals surface area contributed by atoms with E-state index in [9.17, 15) is 4.79 Å². The third-order valence-electron chi connectivity index (χ3n) is 5.71. The van der Waals surface area contributed by atoms with Crippen molar-refractivity contribution in [2.24, 2.45) is 0 Å². The Labute approximate surface area is 172 Å². The Morgan fingerprint density at radius 3 is 2.24 bits per heavy atom. The summed E-state index contributed by atoms with van der Waals surface area (Å²) in [7, 11) is 0. The minimum atomic E-state index is 0.130. The van der Waals surface area contributed by atoms with Gasteiger partial charge < -0.3 is 20.0 Å². The van der Waals surface area contributed by atoms with Crippen LogP contribution in [0.1, 0.15) is 31.9 Å². The Balaban J connectivity index is 1.43. The lowest BCUT2D eigenvalue weighted by molar-refractivity contribution is -0.129. The van der Waals surface area contributed by atoms with Gasteiger partial charge in [-0.15, -0.1) is 0 Å². The molecule has 29 heavy (non-hydrogen) atoms. The van der Waals surface area contributed by atoms with Gasteiger partial charge in [0.1, 0.15) is 5.82 Å². The van der Waals surface area contributed by atoms with Gasteiger partial charge in [-0.2, -0.15) is 4.98 Å². The topological polar surface area (TPSA) is 64.6 Å². The molecule has 2 saturated heterocycles. The number of carbonyl (C=O) groups excluding carboxylic acids is 1. The summed E-state index contributed by atoms with van der Waals surface area (Å²) in [5.41, 5.74) is 3.24. The molecule has 0 atom stereocenters. The first-order chi connectivity index (χ1) is 14.1. The second-order valence-corrected chi connectivity index (χ2v) is 7.91. The van der Waals surface area contributed by atoms with Crippen molar-refractivity contribution in [2.45, 2.75) is 33.1 Å². The quantitative estimate of drug-likeness (QED) is 0.859. The predicted octanol–water partition coefficient (Wildman–Crippen LogP) is 3.19. The van der Waals surface area contributed by atoms with Crippen LogP contribution in [0.4, 0.5) is 23.1 Å². The van der Waals surface area contributed by atoms with Crippen molar-refractivity contribution in [3.8, 4) is 0 Å². The molecule has 7 heteroatoms. The highest BCUT2D eigenvalue weighted by molar-refractivity contribution is 5.73. The third-order valence-corrected chi connectivity index (χ3v) is 5.71. The summed E-state index contributed by atoms with van der Waals surface area (Å²) in [6, 6.07) is 10.6. The van der Waals surface area contributed by atoms with Gasteiger partial charge >= 0.3 is 0 Å². The number of piperidine rings is 1. The number of rotatable bonds is 4. The molecule has 1 amide bonds. The van der Waals surface area contributed by atoms with Gasteiger partial charge in [0.25, 0.3) is 0 Å². The fraction of sp³-hybridized carbons (Fsp3) is 0.500. The number of aryl methyl sites for hydroxylation is 1. The number of anilines is 4. The van der Waals surface area contributed by atoms with Crippen LogP contribution < -0.4 is 15.1 Å². The Morgan fingerprint density at radius 2 is 1.59 bits per heavy atom. The van der Waals surface area contributed by atoms with Gasteiger partial charge in [0.2, 0.25) is 11.9 Å². The van der Waals surface area contributed by atoms with Gasteiger partial charge in [-0.1, -0.05) is 0 Å². The first-order valence-electron chi connectivity index (χ1n) is 10.6. The summed E-state index contributed by atoms with van der Waals surface area (Å²) in [6.07, 6.45) is 3.91. The van der Waals surface area contributed by atoms with Crippen LogP contribution in [0.15, 0.2) is 30.3 Å². The molecule has 0 aliphatic carbocycles. The molecule has 2 aliphatic heterocycles. The standard InChI is InChI=1S/C22H30N6O/c1-17-16-21(25-22(23-17)28-14-12-26(13-15-28)18(2)29)24-19-6-8-20(9-7-19)27-10-4-3-5-11-27/h6-9,16H,3-5,10-15H2,1-2H3,(H,23,24,25). The largest absolute Gasteiger partial charge is 0.372 e. The minimum Gasteiger partial charge on any atom is -0.372 e. The molecular formula is C22H30N6O. The van der Waals surface area contributed by atoms with Crippen molar-refractivity contribution in [2.75, 3.05) is 54.4 Å². The molecule has 0 bridgehead atoms. The van der Waals surface area contributed by atoms with E-state index in [0.717, 1.165) is 49.3 Å². The molecule has 0 spiro atoms. The average Bonchev–Trinajstić information content (AvgIpc) is 2.74. The molecule has 7 nitrogen and oxygen atoms in total. The number of aromatic nitrogens is 2. The van der Waals surface area contributed by atoms with Crippen molar-refractivity contribution >= 4 is 29.0 Å². The lowest BCUT2D eigenvalue weighted by Gasteiger charge is -2.34. The maximum Gasteiger partial charge on any atom is 0.227 e. The summed E-state index contributed by atoms with van der Waals surface area (Å²) < 4.78 is 0. The fourth-order valence-corrected chi connectivity index (χ4v) is 4.04. The van der Waals surface area contributed by atoms with E-state index >= 15 is 0 Å². The van der Waals surface area contributed by atoms with Crippen molar-refractivity contribution in [3.63, 3.8) is 0 Å². The summed E-state index contributed by atoms with van der Waals surface area (Å²) in [4.78, 5) is 27.4. The first kappa shape index (κ1) is 19.5. The highest BCUT2D eigenvalue weighted by Crippen LogP contribution is 2.24. The highest BCUT2D eigenvalue weighted by Gasteiger charge is 2.21. The van der Waals surface area contributed by atoms with Gasteiger partial charge in [0.15, 0.2) is 0 Å². The lowest BCUT2D eigenvalue weighted by Crippen LogP contribution is -2.48. The Kier molecular flexibility index (Phi) is 5.83. The lowest BCUT2D eigenvalue weighted by atomic mass is 10.1. The summed E-state index contributed by atoms with van der Waals surface area (Å²) in [5, 5.41) is 3.42. The molecule has 1 aromatic heterocycles. The van der Waals surface area contributed by atoms with Crippen molar-refractivity contribution < 1.29 is 4.79 Å². The molecule has 3 heterocycles. The summed E-state index contributed by atoms with van der Waals surface area (Å²) in [5.74, 6) is 1.65. The molecule has 1 aromatic carbocycles. The number of nitrogens with one attached hydrogen (secondary N) is 1. The molecule has 154 valence electrons. The molecule has 1 N–H and O–H groups in total. The van der Waals surface area contributed by atoms with Crippen LogP contribution in [0.2, 0.25) is 0 Å². The molecule has 0 radical (unpaired) electrons. The van der Waals surface area contributed by atoms with E-state index in [1.165, 1.54) is 24.9 Å². The molecule has 2 fully saturated rings. The number of hydrogen-bond acceptors (Lipinski definition) is 6. The molecular weight excluding hydrogens is 364 g/mol. The maximum atomic E-state index is 11.5. The van der Waals surface area contributed by atoms with E-state index in [1.807, 2.05) is 17.9 Å². The van der Waals surface area contributed by atoms with Crippen LogP contribution in [-0.4, -0.2) is 60.0 Å². The highest BCUT2D eigenvalue weighted by atomic mass is 16.2. The Hall–Kier alpha value is -2.83. The van der Waals surface area contributed by atoms with Crippen molar-refractivity contribution in [1.29, 1.82) is 0 Å². The maximum absolute atomic E-state index is 11.5. The van der Waals surface area contributed by atoms with Crippen LogP contribution in [0.25, 0.3) is 0 Å². The minimum absolute atomic E-state index is 0.130. The zero-order valence-corrected chi connectivity index (χ0v) is 17.4. The predicted molar refractivity (Wildman–Crippen MR) is 117 cm³/mol. The molecule has 4 rings (SSSR count). The summed E-state index contributed by atoms with van der Waals surface area (Å²) in [6.45, 7) is 8.86. The van der Waals surface area contributed by atoms with Crippen molar-refractivity contribution in [1.82, 2.24) is 14.9 Å². The average molecular weight is 395 g/mol. The molecule has 2 aliphatic rings. The molecule has 0 saturated carbocycles. The van der Waals surface area contributed by atoms with E-state index in [4.69, 9.17) is 4.98 Å². The SMILES string of the molecule is CC(=O)N1CCN(c2nc(C)cc(Nc3ccc(N4CCCCC4)cc3)n2)CC1. The molecule has 2 aromatic rings. The second kappa shape index (κ2) is 8.68. The van der Waals surface area contributed by atoms with Crippen molar-refractivity contribution in [3.05, 3.63) is 36.0 Å². The van der Waals surface area contributed by atoms with Gasteiger partial charge in [-0.05, 0) is 50.5 Å². The van der Waals surface area contributed by atoms with Gasteiger partial charge in [-0.25, -0.2) is 4.98 Å². The number of carbonyl (C=O) groups is 1. The van der Waals surface area contributed by atoms with Gasteiger partial charge in [0, 0.05) is 69.3 Å². The van der Waals surface area contributed by atoms with E-state index in [-0.39, 0.29) is 5.91 Å². The van der Waals surface area contributed by atoms with E-state index in [1.54, 1.807) is 6.92 Å². The van der Waals surface area contributed by atoms with Crippen LogP contribution >= 0.6 is 0 Å². The van der Waals surface area contributed by atoms with E-state index in [0.29, 0.717) is 13.1 Å². The number of benzene rings is 1. The Bertz CT molecular complexity index is 839. The van der Waals surface area contributed by atoms with Crippen LogP contribution in [0, 0.1) is 6.92 Å². The molecule has 0 unspecified atom stereocenters. The van der Waals surface area contributed by atoms with Crippen LogP contribution in [0.5, 0.6) is 0 Å². The second-order valence-electron chi connectivity index (χ2n) is 7.91. The first-order valence-corrected chi connectivity index (χ1v) is 10.6. The number of amides is 1. The van der Waals surface area contributed by atoms with E-state index in [2.05, 4.69) is 44.4 Å². The normalized spacial score (nSPS) is 17.4. The number of piperazine rings is 1. The van der Waals surface area contributed by atoms with Gasteiger partial charge in [-0.3, -0.25) is 4.79 Å². The zero-order chi connectivity index (χ0) is 20.2.